The molecule has 1 amide bonds. The second-order valence-electron chi connectivity index (χ2n) is 8.13. The van der Waals surface area contributed by atoms with Crippen molar-refractivity contribution < 1.29 is 4.79 Å². The van der Waals surface area contributed by atoms with E-state index in [1.54, 1.807) is 0 Å². The molecule has 0 fully saturated rings. The normalized spacial score (nSPS) is 16.7. The molecule has 0 bridgehead atoms. The molecule has 2 heterocycles. The van der Waals surface area contributed by atoms with E-state index in [2.05, 4.69) is 66.7 Å². The summed E-state index contributed by atoms with van der Waals surface area (Å²) in [5.41, 5.74) is 2.80. The van der Waals surface area contributed by atoms with Gasteiger partial charge in [0.05, 0.1) is 0 Å². The van der Waals surface area contributed by atoms with Crippen LogP contribution in [-0.2, 0) is 5.54 Å². The first kappa shape index (κ1) is 18.2. The van der Waals surface area contributed by atoms with Crippen LogP contribution < -0.4 is 10.2 Å². The monoisotopic (exact) mass is 352 g/mol. The van der Waals surface area contributed by atoms with Gasteiger partial charge in [-0.15, -0.1) is 0 Å². The van der Waals surface area contributed by atoms with Crippen LogP contribution in [0.2, 0.25) is 0 Å². The Balaban J connectivity index is 1.93. The van der Waals surface area contributed by atoms with Crippen LogP contribution in [-0.4, -0.2) is 29.0 Å². The van der Waals surface area contributed by atoms with E-state index < -0.39 is 6.29 Å². The summed E-state index contributed by atoms with van der Waals surface area (Å²) in [4.78, 5) is 19.5. The van der Waals surface area contributed by atoms with Gasteiger partial charge in [0.25, 0.3) is 5.91 Å². The average Bonchev–Trinajstić information content (AvgIpc) is 2.99. The number of nitrogens with one attached hydrogen (secondary N) is 1. The number of carbonyl (C=O) groups is 1. The number of fused-ring (bicyclic) bond motifs is 1. The summed E-state index contributed by atoms with van der Waals surface area (Å²) in [5, 5.41) is 3.07. The average molecular weight is 352 g/mol. The summed E-state index contributed by atoms with van der Waals surface area (Å²) < 4.78 is 2.25. The molecule has 1 N–H and O–H groups in total. The summed E-state index contributed by atoms with van der Waals surface area (Å²) in [7, 11) is 0. The Labute approximate surface area is 155 Å². The van der Waals surface area contributed by atoms with Gasteiger partial charge in [-0.1, -0.05) is 17.7 Å². The minimum atomic E-state index is -0.424. The van der Waals surface area contributed by atoms with E-state index in [0.717, 1.165) is 16.9 Å². The molecule has 1 unspecified atom stereocenters. The van der Waals surface area contributed by atoms with Gasteiger partial charge in [0.15, 0.2) is 6.29 Å². The first-order chi connectivity index (χ1) is 12.2. The molecule has 138 valence electrons. The van der Waals surface area contributed by atoms with Crippen molar-refractivity contribution >= 4 is 17.9 Å². The van der Waals surface area contributed by atoms with Crippen molar-refractivity contribution in [3.8, 4) is 0 Å². The lowest BCUT2D eigenvalue weighted by atomic mass is 10.1. The highest BCUT2D eigenvalue weighted by Gasteiger charge is 2.32. The van der Waals surface area contributed by atoms with Gasteiger partial charge in [-0.3, -0.25) is 4.79 Å². The number of aliphatic imine (C=N–C) groups is 1. The molecule has 0 saturated heterocycles. The minimum absolute atomic E-state index is 0.0581. The Morgan fingerprint density at radius 1 is 1.15 bits per heavy atom. The van der Waals surface area contributed by atoms with Crippen molar-refractivity contribution in [2.75, 3.05) is 4.90 Å². The van der Waals surface area contributed by atoms with Crippen molar-refractivity contribution in [1.29, 1.82) is 0 Å². The number of amides is 1. The van der Waals surface area contributed by atoms with Crippen LogP contribution in [0, 0.1) is 6.92 Å². The van der Waals surface area contributed by atoms with Gasteiger partial charge < -0.3 is 14.8 Å². The molecule has 0 radical (unpaired) electrons. The molecule has 1 atom stereocenters. The van der Waals surface area contributed by atoms with Gasteiger partial charge >= 0.3 is 0 Å². The Bertz CT molecular complexity index is 825. The van der Waals surface area contributed by atoms with Gasteiger partial charge in [-0.05, 0) is 59.7 Å². The third kappa shape index (κ3) is 3.39. The molecule has 1 aliphatic rings. The number of aryl methyl sites for hydroxylation is 1. The summed E-state index contributed by atoms with van der Waals surface area (Å²) in [6.45, 7) is 12.8. The first-order valence-electron chi connectivity index (χ1n) is 9.09. The second kappa shape index (κ2) is 6.63. The maximum Gasteiger partial charge on any atom is 0.254 e. The minimum Gasteiger partial charge on any atom is -0.329 e. The van der Waals surface area contributed by atoms with Crippen LogP contribution >= 0.6 is 0 Å². The van der Waals surface area contributed by atoms with E-state index in [9.17, 15) is 4.79 Å². The van der Waals surface area contributed by atoms with Gasteiger partial charge in [0.1, 0.15) is 5.82 Å². The van der Waals surface area contributed by atoms with Crippen molar-refractivity contribution in [1.82, 2.24) is 9.88 Å². The number of rotatable bonds is 3. The molecule has 1 aromatic carbocycles. The van der Waals surface area contributed by atoms with Gasteiger partial charge in [-0.2, -0.15) is 0 Å². The molecule has 5 nitrogen and oxygen atoms in total. The van der Waals surface area contributed by atoms with Crippen molar-refractivity contribution in [2.24, 2.45) is 4.99 Å². The first-order valence-corrected chi connectivity index (χ1v) is 9.09. The van der Waals surface area contributed by atoms with E-state index in [0.29, 0.717) is 5.56 Å². The molecule has 5 heteroatoms. The maximum absolute atomic E-state index is 12.7. The third-order valence-corrected chi connectivity index (χ3v) is 4.61. The number of benzene rings is 1. The fourth-order valence-corrected chi connectivity index (χ4v) is 3.23. The largest absolute Gasteiger partial charge is 0.329 e. The van der Waals surface area contributed by atoms with Crippen LogP contribution in [0.25, 0.3) is 0 Å². The zero-order valence-electron chi connectivity index (χ0n) is 16.4. The molecule has 3 rings (SSSR count). The van der Waals surface area contributed by atoms with Crippen LogP contribution in [0.3, 0.4) is 0 Å². The molecular weight excluding hydrogens is 324 g/mol. The van der Waals surface area contributed by atoms with E-state index in [4.69, 9.17) is 0 Å². The van der Waals surface area contributed by atoms with Crippen molar-refractivity contribution in [3.63, 3.8) is 0 Å². The number of hydrogen-bond acceptors (Lipinski definition) is 3. The van der Waals surface area contributed by atoms with Crippen LogP contribution in [0.15, 0.2) is 41.5 Å². The van der Waals surface area contributed by atoms with E-state index in [1.165, 1.54) is 0 Å². The molecule has 0 saturated carbocycles. The molecule has 2 aromatic rings. The van der Waals surface area contributed by atoms with Crippen molar-refractivity contribution in [2.45, 2.75) is 59.4 Å². The Hall–Kier alpha value is -2.56. The molecule has 1 aromatic heterocycles. The maximum atomic E-state index is 12.7. The van der Waals surface area contributed by atoms with Gasteiger partial charge in [-0.25, -0.2) is 4.99 Å². The van der Waals surface area contributed by atoms with E-state index >= 15 is 0 Å². The van der Waals surface area contributed by atoms with Crippen LogP contribution in [0.4, 0.5) is 5.82 Å². The van der Waals surface area contributed by atoms with Crippen LogP contribution in [0.5, 0.6) is 0 Å². The lowest BCUT2D eigenvalue weighted by Crippen LogP contribution is -2.53. The summed E-state index contributed by atoms with van der Waals surface area (Å²) in [6, 6.07) is 9.85. The third-order valence-electron chi connectivity index (χ3n) is 4.61. The Kier molecular flexibility index (Phi) is 4.65. The highest BCUT2D eigenvalue weighted by molar-refractivity contribution is 5.95. The molecule has 26 heavy (non-hydrogen) atoms. The smallest absolute Gasteiger partial charge is 0.254 e. The molecule has 0 aliphatic carbocycles. The number of anilines is 1. The van der Waals surface area contributed by atoms with E-state index in [1.807, 2.05) is 37.4 Å². The second-order valence-corrected chi connectivity index (χ2v) is 8.13. The fourth-order valence-electron chi connectivity index (χ4n) is 3.23. The highest BCUT2D eigenvalue weighted by Crippen LogP contribution is 2.33. The number of hydrogen-bond donors (Lipinski definition) is 1. The molecule has 0 spiro atoms. The zero-order chi connectivity index (χ0) is 19.1. The topological polar surface area (TPSA) is 49.6 Å². The van der Waals surface area contributed by atoms with Crippen molar-refractivity contribution in [3.05, 3.63) is 53.2 Å². The summed E-state index contributed by atoms with van der Waals surface area (Å²) >= 11 is 0. The predicted molar refractivity (Wildman–Crippen MR) is 107 cm³/mol. The molecular formula is C21H28N4O. The zero-order valence-corrected chi connectivity index (χ0v) is 16.4. The highest BCUT2D eigenvalue weighted by atomic mass is 16.2. The standard InChI is InChI=1S/C21H28N4O/c1-14(2)25-19-17(11-12-24(19)21(4,5)6)13-22-20(25)23-18(26)16-9-7-15(3)8-10-16/h7-14,20H,1-6H3,(H,23,26). The summed E-state index contributed by atoms with van der Waals surface area (Å²) in [5.74, 6) is 0.979. The quantitative estimate of drug-likeness (QED) is 0.910. The predicted octanol–water partition coefficient (Wildman–Crippen LogP) is 3.91. The SMILES string of the molecule is Cc1ccc(C(=O)NC2N=Cc3ccn(C(C)(C)C)c3N2C(C)C)cc1. The number of nitrogens with zero attached hydrogens (tertiary/aromatic N) is 3. The number of aromatic nitrogens is 1. The van der Waals surface area contributed by atoms with Gasteiger partial charge in [0.2, 0.25) is 0 Å². The lowest BCUT2D eigenvalue weighted by molar-refractivity contribution is 0.0935. The van der Waals surface area contributed by atoms with E-state index in [-0.39, 0.29) is 17.5 Å². The fraction of sp³-hybridized carbons (Fsp3) is 0.429. The molecule has 1 aliphatic heterocycles. The Morgan fingerprint density at radius 2 is 1.81 bits per heavy atom. The van der Waals surface area contributed by atoms with Gasteiger partial charge in [0, 0.05) is 35.1 Å². The van der Waals surface area contributed by atoms with Crippen LogP contribution in [0.1, 0.15) is 56.1 Å². The Morgan fingerprint density at radius 3 is 2.38 bits per heavy atom. The number of carbonyl (C=O) groups excluding carboxylic acids is 1. The summed E-state index contributed by atoms with van der Waals surface area (Å²) in [6.07, 6.45) is 3.53. The lowest BCUT2D eigenvalue weighted by Gasteiger charge is -2.40.